The number of rotatable bonds is 4. The highest BCUT2D eigenvalue weighted by Gasteiger charge is 2.07. The van der Waals surface area contributed by atoms with Crippen LogP contribution in [0.2, 0.25) is 10.0 Å². The topological polar surface area (TPSA) is 38.3 Å². The van der Waals surface area contributed by atoms with Gasteiger partial charge >= 0.3 is 0 Å². The molecule has 0 radical (unpaired) electrons. The van der Waals surface area contributed by atoms with Gasteiger partial charge in [0, 0.05) is 15.7 Å². The van der Waals surface area contributed by atoms with E-state index in [0.717, 1.165) is 11.1 Å². The molecule has 1 N–H and O–H groups in total. The number of halogens is 2. The van der Waals surface area contributed by atoms with Gasteiger partial charge < -0.3 is 10.1 Å². The van der Waals surface area contributed by atoms with Crippen molar-refractivity contribution in [3.05, 3.63) is 57.6 Å². The fraction of sp³-hybridized carbons (Fsp3) is 0.188. The van der Waals surface area contributed by atoms with Crippen molar-refractivity contribution in [2.24, 2.45) is 0 Å². The molecule has 0 atom stereocenters. The average molecular weight is 324 g/mol. The number of ether oxygens (including phenoxy) is 1. The van der Waals surface area contributed by atoms with Gasteiger partial charge in [-0.15, -0.1) is 0 Å². The molecule has 0 saturated heterocycles. The Bertz CT molecular complexity index is 651. The zero-order chi connectivity index (χ0) is 15.4. The highest BCUT2D eigenvalue weighted by molar-refractivity contribution is 6.35. The van der Waals surface area contributed by atoms with Crippen molar-refractivity contribution in [1.82, 2.24) is 0 Å². The number of amides is 1. The third-order valence-electron chi connectivity index (χ3n) is 3.06. The third-order valence-corrected chi connectivity index (χ3v) is 3.50. The lowest BCUT2D eigenvalue weighted by Gasteiger charge is -2.11. The second kappa shape index (κ2) is 6.83. The first kappa shape index (κ1) is 15.7. The Morgan fingerprint density at radius 2 is 1.81 bits per heavy atom. The Labute approximate surface area is 133 Å². The number of nitrogens with one attached hydrogen (secondary N) is 1. The normalized spacial score (nSPS) is 10.3. The van der Waals surface area contributed by atoms with Crippen LogP contribution >= 0.6 is 23.2 Å². The summed E-state index contributed by atoms with van der Waals surface area (Å²) in [5.74, 6) is 0.434. The van der Waals surface area contributed by atoms with E-state index in [1.165, 1.54) is 0 Å². The maximum atomic E-state index is 11.9. The largest absolute Gasteiger partial charge is 0.483 e. The first-order valence-corrected chi connectivity index (χ1v) is 7.16. The molecule has 0 saturated carbocycles. The quantitative estimate of drug-likeness (QED) is 0.890. The molecule has 0 spiro atoms. The van der Waals surface area contributed by atoms with Gasteiger partial charge in [-0.1, -0.05) is 35.3 Å². The molecule has 0 heterocycles. The summed E-state index contributed by atoms with van der Waals surface area (Å²) < 4.78 is 5.53. The highest BCUT2D eigenvalue weighted by Crippen LogP contribution is 2.23. The number of anilines is 1. The summed E-state index contributed by atoms with van der Waals surface area (Å²) in [7, 11) is 0. The van der Waals surface area contributed by atoms with Crippen LogP contribution in [0, 0.1) is 13.8 Å². The minimum atomic E-state index is -0.269. The Balaban J connectivity index is 1.97. The number of benzene rings is 2. The smallest absolute Gasteiger partial charge is 0.262 e. The lowest BCUT2D eigenvalue weighted by atomic mass is 10.1. The van der Waals surface area contributed by atoms with E-state index in [1.54, 1.807) is 18.2 Å². The molecular weight excluding hydrogens is 309 g/mol. The van der Waals surface area contributed by atoms with E-state index < -0.39 is 0 Å². The fourth-order valence-electron chi connectivity index (χ4n) is 1.85. The molecule has 0 bridgehead atoms. The molecule has 0 aliphatic carbocycles. The van der Waals surface area contributed by atoms with Gasteiger partial charge in [-0.25, -0.2) is 0 Å². The van der Waals surface area contributed by atoms with Crippen molar-refractivity contribution in [3.8, 4) is 5.75 Å². The molecule has 0 aliphatic heterocycles. The Morgan fingerprint density at radius 1 is 1.14 bits per heavy atom. The van der Waals surface area contributed by atoms with E-state index in [0.29, 0.717) is 21.5 Å². The van der Waals surface area contributed by atoms with Gasteiger partial charge in [-0.3, -0.25) is 4.79 Å². The van der Waals surface area contributed by atoms with Crippen LogP contribution in [0.25, 0.3) is 0 Å². The van der Waals surface area contributed by atoms with Crippen molar-refractivity contribution < 1.29 is 9.53 Å². The number of carbonyl (C=O) groups is 1. The van der Waals surface area contributed by atoms with Gasteiger partial charge in [0.05, 0.1) is 0 Å². The van der Waals surface area contributed by atoms with Gasteiger partial charge in [0.1, 0.15) is 5.75 Å². The minimum Gasteiger partial charge on any atom is -0.483 e. The minimum absolute atomic E-state index is 0.0750. The summed E-state index contributed by atoms with van der Waals surface area (Å²) in [5.41, 5.74) is 2.69. The molecule has 3 nitrogen and oxygen atoms in total. The molecule has 2 aromatic carbocycles. The van der Waals surface area contributed by atoms with Crippen LogP contribution in [0.5, 0.6) is 5.75 Å². The summed E-state index contributed by atoms with van der Waals surface area (Å²) in [4.78, 5) is 11.9. The Hall–Kier alpha value is -1.71. The van der Waals surface area contributed by atoms with E-state index in [4.69, 9.17) is 27.9 Å². The van der Waals surface area contributed by atoms with Crippen LogP contribution in [0.3, 0.4) is 0 Å². The summed E-state index contributed by atoms with van der Waals surface area (Å²) >= 11 is 11.8. The van der Waals surface area contributed by atoms with Crippen molar-refractivity contribution in [2.45, 2.75) is 13.8 Å². The summed E-state index contributed by atoms with van der Waals surface area (Å²) in [6.07, 6.45) is 0. The van der Waals surface area contributed by atoms with E-state index in [9.17, 15) is 4.79 Å². The van der Waals surface area contributed by atoms with Crippen molar-refractivity contribution in [2.75, 3.05) is 11.9 Å². The van der Waals surface area contributed by atoms with Crippen molar-refractivity contribution in [1.29, 1.82) is 0 Å². The molecule has 0 aromatic heterocycles. The van der Waals surface area contributed by atoms with E-state index in [1.807, 2.05) is 32.0 Å². The van der Waals surface area contributed by atoms with E-state index in [2.05, 4.69) is 5.32 Å². The molecule has 0 aliphatic rings. The Kier molecular flexibility index (Phi) is 5.10. The van der Waals surface area contributed by atoms with Gasteiger partial charge in [-0.05, 0) is 49.2 Å². The van der Waals surface area contributed by atoms with Gasteiger partial charge in [-0.2, -0.15) is 0 Å². The monoisotopic (exact) mass is 323 g/mol. The summed E-state index contributed by atoms with van der Waals surface area (Å²) in [6.45, 7) is 3.88. The third kappa shape index (κ3) is 4.38. The Morgan fingerprint density at radius 3 is 2.48 bits per heavy atom. The first-order chi connectivity index (χ1) is 9.95. The van der Waals surface area contributed by atoms with Crippen molar-refractivity contribution >= 4 is 34.8 Å². The standard InChI is InChI=1S/C16H15Cl2NO2/c1-10-4-3-5-15(11(10)2)21-9-16(20)19-14-7-12(17)6-13(18)8-14/h3-8H,9H2,1-2H3,(H,19,20). The fourth-order valence-corrected chi connectivity index (χ4v) is 2.37. The molecule has 1 amide bonds. The first-order valence-electron chi connectivity index (χ1n) is 6.40. The molecule has 2 aromatic rings. The molecule has 2 rings (SSSR count). The lowest BCUT2D eigenvalue weighted by Crippen LogP contribution is -2.20. The maximum absolute atomic E-state index is 11.9. The number of hydrogen-bond donors (Lipinski definition) is 1. The van der Waals surface area contributed by atoms with Gasteiger partial charge in [0.25, 0.3) is 5.91 Å². The van der Waals surface area contributed by atoms with Crippen molar-refractivity contribution in [3.63, 3.8) is 0 Å². The van der Waals surface area contributed by atoms with Crippen LogP contribution in [0.15, 0.2) is 36.4 Å². The van der Waals surface area contributed by atoms with E-state index in [-0.39, 0.29) is 12.5 Å². The molecule has 0 unspecified atom stereocenters. The number of aryl methyl sites for hydroxylation is 1. The summed E-state index contributed by atoms with van der Waals surface area (Å²) in [6, 6.07) is 10.6. The summed E-state index contributed by atoms with van der Waals surface area (Å²) in [5, 5.41) is 3.63. The highest BCUT2D eigenvalue weighted by atomic mass is 35.5. The van der Waals surface area contributed by atoms with Crippen LogP contribution in [0.4, 0.5) is 5.69 Å². The van der Waals surface area contributed by atoms with Crippen LogP contribution < -0.4 is 10.1 Å². The molecular formula is C16H15Cl2NO2. The molecule has 5 heteroatoms. The number of carbonyl (C=O) groups excluding carboxylic acids is 1. The SMILES string of the molecule is Cc1cccc(OCC(=O)Nc2cc(Cl)cc(Cl)c2)c1C. The zero-order valence-electron chi connectivity index (χ0n) is 11.7. The molecule has 21 heavy (non-hydrogen) atoms. The second-order valence-electron chi connectivity index (χ2n) is 4.69. The van der Waals surface area contributed by atoms with Crippen LogP contribution in [0.1, 0.15) is 11.1 Å². The maximum Gasteiger partial charge on any atom is 0.262 e. The number of hydrogen-bond acceptors (Lipinski definition) is 2. The zero-order valence-corrected chi connectivity index (χ0v) is 13.3. The second-order valence-corrected chi connectivity index (χ2v) is 5.57. The predicted molar refractivity (Wildman–Crippen MR) is 86.5 cm³/mol. The van der Waals surface area contributed by atoms with Crippen LogP contribution in [-0.2, 0) is 4.79 Å². The van der Waals surface area contributed by atoms with E-state index >= 15 is 0 Å². The molecule has 110 valence electrons. The van der Waals surface area contributed by atoms with Crippen LogP contribution in [-0.4, -0.2) is 12.5 Å². The average Bonchev–Trinajstić information content (AvgIpc) is 2.39. The van der Waals surface area contributed by atoms with Gasteiger partial charge in [0.15, 0.2) is 6.61 Å². The van der Waals surface area contributed by atoms with Gasteiger partial charge in [0.2, 0.25) is 0 Å². The predicted octanol–water partition coefficient (Wildman–Crippen LogP) is 4.63. The molecule has 0 fully saturated rings. The lowest BCUT2D eigenvalue weighted by molar-refractivity contribution is -0.118.